The molecule has 0 radical (unpaired) electrons. The molecule has 0 aliphatic carbocycles. The molecule has 3 rings (SSSR count). The Balaban J connectivity index is 1.48. The topological polar surface area (TPSA) is 87.2 Å². The second-order valence-corrected chi connectivity index (χ2v) is 6.73. The summed E-state index contributed by atoms with van der Waals surface area (Å²) in [6.07, 6.45) is 0.346. The highest BCUT2D eigenvalue weighted by atomic mass is 32.1. The van der Waals surface area contributed by atoms with Crippen molar-refractivity contribution in [3.8, 4) is 11.4 Å². The minimum atomic E-state index is -0.473. The van der Waals surface area contributed by atoms with Crippen molar-refractivity contribution in [1.82, 2.24) is 14.7 Å². The van der Waals surface area contributed by atoms with Crippen LogP contribution in [0.3, 0.4) is 0 Å². The molecule has 0 amide bonds. The number of ketones is 1. The minimum Gasteiger partial charge on any atom is -0.457 e. The molecule has 0 aliphatic rings. The molecule has 0 aliphatic heterocycles. The molecule has 0 saturated heterocycles. The van der Waals surface area contributed by atoms with E-state index in [-0.39, 0.29) is 25.2 Å². The average Bonchev–Trinajstić information content (AvgIpc) is 3.35. The first kappa shape index (κ1) is 18.1. The first-order valence-corrected chi connectivity index (χ1v) is 9.07. The van der Waals surface area contributed by atoms with Gasteiger partial charge in [0.2, 0.25) is 17.5 Å². The number of aromatic nitrogens is 3. The number of carbonyl (C=O) groups excluding carboxylic acids is 2. The Morgan fingerprint density at radius 1 is 1.35 bits per heavy atom. The Labute approximate surface area is 154 Å². The van der Waals surface area contributed by atoms with E-state index in [1.165, 1.54) is 0 Å². The predicted molar refractivity (Wildman–Crippen MR) is 96.1 cm³/mol. The fourth-order valence-electron chi connectivity index (χ4n) is 2.51. The summed E-state index contributed by atoms with van der Waals surface area (Å²) >= 11 is 1.54. The summed E-state index contributed by atoms with van der Waals surface area (Å²) in [5.74, 6) is 0.180. The van der Waals surface area contributed by atoms with Crippen molar-refractivity contribution in [1.29, 1.82) is 0 Å². The van der Waals surface area contributed by atoms with Crippen LogP contribution in [0.1, 0.15) is 34.1 Å². The van der Waals surface area contributed by atoms with Gasteiger partial charge in [0.25, 0.3) is 0 Å². The summed E-state index contributed by atoms with van der Waals surface area (Å²) in [5, 5.41) is 7.73. The molecule has 3 aromatic heterocycles. The molecular formula is C18H19N3O4S. The first-order valence-electron chi connectivity index (χ1n) is 8.12. The zero-order valence-corrected chi connectivity index (χ0v) is 15.6. The van der Waals surface area contributed by atoms with Crippen molar-refractivity contribution >= 4 is 23.1 Å². The highest BCUT2D eigenvalue weighted by molar-refractivity contribution is 7.08. The van der Waals surface area contributed by atoms with Crippen molar-refractivity contribution < 1.29 is 18.8 Å². The highest BCUT2D eigenvalue weighted by Gasteiger charge is 2.17. The van der Waals surface area contributed by atoms with E-state index >= 15 is 0 Å². The van der Waals surface area contributed by atoms with Gasteiger partial charge in [0.05, 0.1) is 6.42 Å². The van der Waals surface area contributed by atoms with Crippen molar-refractivity contribution in [3.63, 3.8) is 0 Å². The van der Waals surface area contributed by atoms with E-state index in [4.69, 9.17) is 9.26 Å². The molecule has 0 saturated carbocycles. The maximum absolute atomic E-state index is 12.2. The van der Waals surface area contributed by atoms with Crippen LogP contribution in [0.25, 0.3) is 11.4 Å². The van der Waals surface area contributed by atoms with Gasteiger partial charge < -0.3 is 13.8 Å². The van der Waals surface area contributed by atoms with Crippen LogP contribution in [0.5, 0.6) is 0 Å². The third-order valence-corrected chi connectivity index (χ3v) is 4.91. The largest absolute Gasteiger partial charge is 0.457 e. The monoisotopic (exact) mass is 373 g/mol. The number of carbonyl (C=O) groups is 2. The van der Waals surface area contributed by atoms with Crippen LogP contribution in [-0.2, 0) is 23.0 Å². The highest BCUT2D eigenvalue weighted by Crippen LogP contribution is 2.19. The van der Waals surface area contributed by atoms with Crippen molar-refractivity contribution in [2.45, 2.75) is 26.7 Å². The van der Waals surface area contributed by atoms with Crippen LogP contribution in [0.4, 0.5) is 0 Å². The number of ether oxygens (including phenoxy) is 1. The number of aryl methyl sites for hydroxylation is 2. The fraction of sp³-hybridized carbons (Fsp3) is 0.333. The molecule has 0 fully saturated rings. The predicted octanol–water partition coefficient (Wildman–Crippen LogP) is 3.11. The lowest BCUT2D eigenvalue weighted by molar-refractivity contribution is -0.142. The second-order valence-electron chi connectivity index (χ2n) is 5.95. The fourth-order valence-corrected chi connectivity index (χ4v) is 3.14. The van der Waals surface area contributed by atoms with Gasteiger partial charge in [0.1, 0.15) is 0 Å². The first-order chi connectivity index (χ1) is 12.5. The summed E-state index contributed by atoms with van der Waals surface area (Å²) in [6.45, 7) is 3.51. The molecule has 7 nitrogen and oxygen atoms in total. The molecule has 26 heavy (non-hydrogen) atoms. The van der Waals surface area contributed by atoms with Crippen LogP contribution >= 0.6 is 11.3 Å². The van der Waals surface area contributed by atoms with Crippen LogP contribution in [0.15, 0.2) is 27.4 Å². The Kier molecular flexibility index (Phi) is 5.32. The number of thiophene rings is 1. The number of esters is 1. The average molecular weight is 373 g/mol. The number of Topliss-reactive ketones (excluding diaryl/α,β-unsaturated/α-hetero) is 1. The maximum Gasteiger partial charge on any atom is 0.306 e. The van der Waals surface area contributed by atoms with Gasteiger partial charge in [-0.25, -0.2) is 0 Å². The third-order valence-electron chi connectivity index (χ3n) is 4.23. The summed E-state index contributed by atoms with van der Waals surface area (Å²) in [4.78, 5) is 28.3. The molecule has 0 spiro atoms. The summed E-state index contributed by atoms with van der Waals surface area (Å²) in [6, 6.07) is 3.70. The zero-order chi connectivity index (χ0) is 18.7. The summed E-state index contributed by atoms with van der Waals surface area (Å²) < 4.78 is 12.1. The molecule has 8 heteroatoms. The van der Waals surface area contributed by atoms with Gasteiger partial charge in [-0.15, -0.1) is 0 Å². The molecular weight excluding hydrogens is 354 g/mol. The Bertz CT molecular complexity index is 925. The van der Waals surface area contributed by atoms with E-state index in [1.807, 2.05) is 42.3 Å². The molecule has 3 heterocycles. The lowest BCUT2D eigenvalue weighted by Crippen LogP contribution is -2.15. The Morgan fingerprint density at radius 2 is 2.15 bits per heavy atom. The Hall–Kier alpha value is -2.74. The van der Waals surface area contributed by atoms with E-state index in [0.717, 1.165) is 17.0 Å². The number of hydrogen-bond donors (Lipinski definition) is 0. The molecule has 0 N–H and O–H groups in total. The van der Waals surface area contributed by atoms with Crippen molar-refractivity contribution in [2.24, 2.45) is 7.05 Å². The third kappa shape index (κ3) is 3.91. The van der Waals surface area contributed by atoms with Crippen LogP contribution in [-0.4, -0.2) is 33.1 Å². The lowest BCUT2D eigenvalue weighted by atomic mass is 10.1. The SMILES string of the molecule is Cc1cc(C(=O)COC(=O)CCc2nc(-c3ccsc3)no2)c(C)n1C. The normalized spacial score (nSPS) is 10.9. The molecule has 3 aromatic rings. The van der Waals surface area contributed by atoms with Crippen LogP contribution in [0, 0.1) is 13.8 Å². The van der Waals surface area contributed by atoms with Gasteiger partial charge in [0, 0.05) is 41.4 Å². The quantitative estimate of drug-likeness (QED) is 0.467. The minimum absolute atomic E-state index is 0.0748. The van der Waals surface area contributed by atoms with E-state index in [2.05, 4.69) is 10.1 Å². The molecule has 0 bridgehead atoms. The standard InChI is InChI=1S/C18H19N3O4S/c1-11-8-14(12(2)21(11)3)15(22)9-24-17(23)5-4-16-19-18(20-25-16)13-6-7-26-10-13/h6-8,10H,4-5,9H2,1-3H3. The van der Waals surface area contributed by atoms with E-state index in [0.29, 0.717) is 17.3 Å². The maximum atomic E-state index is 12.2. The molecule has 0 unspecified atom stereocenters. The van der Waals surface area contributed by atoms with Gasteiger partial charge in [-0.2, -0.15) is 16.3 Å². The van der Waals surface area contributed by atoms with E-state index < -0.39 is 5.97 Å². The number of hydrogen-bond acceptors (Lipinski definition) is 7. The second kappa shape index (κ2) is 7.65. The van der Waals surface area contributed by atoms with Gasteiger partial charge in [0.15, 0.2) is 6.61 Å². The zero-order valence-electron chi connectivity index (χ0n) is 14.8. The van der Waals surface area contributed by atoms with Gasteiger partial charge in [-0.3, -0.25) is 9.59 Å². The van der Waals surface area contributed by atoms with Gasteiger partial charge >= 0.3 is 5.97 Å². The summed E-state index contributed by atoms with van der Waals surface area (Å²) in [7, 11) is 1.89. The van der Waals surface area contributed by atoms with Crippen LogP contribution < -0.4 is 0 Å². The van der Waals surface area contributed by atoms with E-state index in [9.17, 15) is 9.59 Å². The van der Waals surface area contributed by atoms with Gasteiger partial charge in [-0.05, 0) is 31.4 Å². The molecule has 0 atom stereocenters. The smallest absolute Gasteiger partial charge is 0.306 e. The van der Waals surface area contributed by atoms with Crippen LogP contribution in [0.2, 0.25) is 0 Å². The van der Waals surface area contributed by atoms with Crippen molar-refractivity contribution in [2.75, 3.05) is 6.61 Å². The lowest BCUT2D eigenvalue weighted by Gasteiger charge is -2.04. The Morgan fingerprint density at radius 3 is 2.81 bits per heavy atom. The van der Waals surface area contributed by atoms with Crippen molar-refractivity contribution in [3.05, 3.63) is 45.7 Å². The molecule has 0 aromatic carbocycles. The van der Waals surface area contributed by atoms with Gasteiger partial charge in [-0.1, -0.05) is 5.16 Å². The summed E-state index contributed by atoms with van der Waals surface area (Å²) in [5.41, 5.74) is 3.30. The molecule has 136 valence electrons. The number of nitrogens with zero attached hydrogens (tertiary/aromatic N) is 3. The number of rotatable bonds is 7. The van der Waals surface area contributed by atoms with E-state index in [1.54, 1.807) is 17.4 Å².